The number of ether oxygens (including phenoxy) is 1. The first-order chi connectivity index (χ1) is 12.3. The molecule has 0 unspecified atom stereocenters. The topological polar surface area (TPSA) is 106 Å². The van der Waals surface area contributed by atoms with E-state index in [0.29, 0.717) is 11.3 Å². The lowest BCUT2D eigenvalue weighted by Crippen LogP contribution is -2.44. The van der Waals surface area contributed by atoms with Crippen molar-refractivity contribution in [3.63, 3.8) is 0 Å². The average molecular weight is 361 g/mol. The minimum atomic E-state index is -1.13. The lowest BCUT2D eigenvalue weighted by atomic mass is 10.0. The van der Waals surface area contributed by atoms with E-state index in [1.807, 2.05) is 0 Å². The Morgan fingerprint density at radius 2 is 2.00 bits per heavy atom. The quantitative estimate of drug-likeness (QED) is 0.700. The number of benzene rings is 1. The van der Waals surface area contributed by atoms with Crippen LogP contribution in [0.25, 0.3) is 11.0 Å². The van der Waals surface area contributed by atoms with Gasteiger partial charge in [0.05, 0.1) is 0 Å². The standard InChI is InChI=1S/C19H23NO6/c1-4-5-6-13-9-17(21)26-16-10-14(7-8-15(13)16)25-12(3)18(22)20-11(2)19(23)24/h7-12H,4-6H2,1-3H3,(H,20,22)(H,23,24)/t11-,12-/m0/s1. The Hall–Kier alpha value is -2.83. The first-order valence-corrected chi connectivity index (χ1v) is 8.58. The smallest absolute Gasteiger partial charge is 0.336 e. The second-order valence-corrected chi connectivity index (χ2v) is 6.18. The average Bonchev–Trinajstić information content (AvgIpc) is 2.58. The number of amides is 1. The molecule has 0 spiro atoms. The van der Waals surface area contributed by atoms with E-state index < -0.39 is 29.6 Å². The normalized spacial score (nSPS) is 13.2. The van der Waals surface area contributed by atoms with E-state index >= 15 is 0 Å². The van der Waals surface area contributed by atoms with Crippen LogP contribution in [0.5, 0.6) is 5.75 Å². The number of hydrogen-bond acceptors (Lipinski definition) is 5. The zero-order chi connectivity index (χ0) is 19.3. The maximum Gasteiger partial charge on any atom is 0.336 e. The monoisotopic (exact) mass is 361 g/mol. The zero-order valence-electron chi connectivity index (χ0n) is 15.1. The fraction of sp³-hybridized carbons (Fsp3) is 0.421. The lowest BCUT2D eigenvalue weighted by Gasteiger charge is -2.17. The van der Waals surface area contributed by atoms with E-state index in [1.54, 1.807) is 18.2 Å². The molecule has 0 aliphatic heterocycles. The predicted molar refractivity (Wildman–Crippen MR) is 96.4 cm³/mol. The van der Waals surface area contributed by atoms with Crippen molar-refractivity contribution >= 4 is 22.8 Å². The SMILES string of the molecule is CCCCc1cc(=O)oc2cc(O[C@@H](C)C(=O)N[C@@H](C)C(=O)O)ccc12. The summed E-state index contributed by atoms with van der Waals surface area (Å²) in [6, 6.07) is 5.55. The van der Waals surface area contributed by atoms with E-state index in [2.05, 4.69) is 12.2 Å². The Morgan fingerprint density at radius 1 is 1.27 bits per heavy atom. The van der Waals surface area contributed by atoms with Crippen LogP contribution in [0.1, 0.15) is 39.2 Å². The molecule has 0 aliphatic rings. The Morgan fingerprint density at radius 3 is 2.65 bits per heavy atom. The highest BCUT2D eigenvalue weighted by atomic mass is 16.5. The van der Waals surface area contributed by atoms with Crippen LogP contribution < -0.4 is 15.7 Å². The number of nitrogens with one attached hydrogen (secondary N) is 1. The number of fused-ring (bicyclic) bond motifs is 1. The Bertz CT molecular complexity index is 857. The number of hydrogen-bond donors (Lipinski definition) is 2. The van der Waals surface area contributed by atoms with Crippen LogP contribution >= 0.6 is 0 Å². The third kappa shape index (κ3) is 4.84. The maximum absolute atomic E-state index is 12.0. The molecule has 1 aromatic carbocycles. The van der Waals surface area contributed by atoms with Gasteiger partial charge < -0.3 is 19.6 Å². The molecule has 1 amide bonds. The summed E-state index contributed by atoms with van der Waals surface area (Å²) >= 11 is 0. The van der Waals surface area contributed by atoms with Crippen LogP contribution in [0.15, 0.2) is 33.5 Å². The second kappa shape index (κ2) is 8.51. The van der Waals surface area contributed by atoms with Gasteiger partial charge in [0.15, 0.2) is 6.10 Å². The van der Waals surface area contributed by atoms with Crippen LogP contribution in [0.4, 0.5) is 0 Å². The third-order valence-electron chi connectivity index (χ3n) is 4.01. The minimum absolute atomic E-state index is 0.360. The van der Waals surface area contributed by atoms with Gasteiger partial charge in [0.1, 0.15) is 17.4 Å². The molecule has 7 nitrogen and oxygen atoms in total. The van der Waals surface area contributed by atoms with Crippen LogP contribution in [0.3, 0.4) is 0 Å². The number of aliphatic carboxylic acids is 1. The molecule has 0 saturated heterocycles. The summed E-state index contributed by atoms with van der Waals surface area (Å²) in [6.45, 7) is 4.97. The summed E-state index contributed by atoms with van der Waals surface area (Å²) in [5, 5.41) is 12.0. The molecule has 2 atom stereocenters. The van der Waals surface area contributed by atoms with Crippen LogP contribution in [-0.2, 0) is 16.0 Å². The molecule has 0 saturated carbocycles. The Kier molecular flexibility index (Phi) is 6.38. The number of carbonyl (C=O) groups is 2. The molecule has 2 N–H and O–H groups in total. The van der Waals surface area contributed by atoms with Crippen molar-refractivity contribution in [1.82, 2.24) is 5.32 Å². The molecule has 7 heteroatoms. The van der Waals surface area contributed by atoms with Gasteiger partial charge in [-0.3, -0.25) is 9.59 Å². The van der Waals surface area contributed by atoms with Crippen molar-refractivity contribution in [3.8, 4) is 5.75 Å². The molecule has 26 heavy (non-hydrogen) atoms. The molecule has 2 aromatic rings. The number of aryl methyl sites for hydroxylation is 1. The van der Waals surface area contributed by atoms with Crippen molar-refractivity contribution in [3.05, 3.63) is 40.2 Å². The highest BCUT2D eigenvalue weighted by molar-refractivity contribution is 5.86. The Balaban J connectivity index is 2.19. The molecule has 2 rings (SSSR count). The number of carboxylic acid groups (broad SMARTS) is 1. The largest absolute Gasteiger partial charge is 0.481 e. The van der Waals surface area contributed by atoms with Gasteiger partial charge in [0, 0.05) is 17.5 Å². The summed E-state index contributed by atoms with van der Waals surface area (Å²) in [5.74, 6) is -1.31. The summed E-state index contributed by atoms with van der Waals surface area (Å²) in [4.78, 5) is 34.5. The zero-order valence-corrected chi connectivity index (χ0v) is 15.1. The minimum Gasteiger partial charge on any atom is -0.481 e. The van der Waals surface area contributed by atoms with Gasteiger partial charge >= 0.3 is 11.6 Å². The molecule has 140 valence electrons. The maximum atomic E-state index is 12.0. The summed E-state index contributed by atoms with van der Waals surface area (Å²) in [7, 11) is 0. The number of carboxylic acids is 1. The molecule has 1 heterocycles. The first kappa shape index (κ1) is 19.5. The Labute approximate surface area is 151 Å². The van der Waals surface area contributed by atoms with Gasteiger partial charge in [-0.05, 0) is 44.4 Å². The van der Waals surface area contributed by atoms with Crippen LogP contribution in [0.2, 0.25) is 0 Å². The van der Waals surface area contributed by atoms with Crippen molar-refractivity contribution in [2.45, 2.75) is 52.2 Å². The molecule has 0 radical (unpaired) electrons. The molecule has 0 bridgehead atoms. The van der Waals surface area contributed by atoms with E-state index in [9.17, 15) is 14.4 Å². The van der Waals surface area contributed by atoms with E-state index in [-0.39, 0.29) is 0 Å². The summed E-state index contributed by atoms with van der Waals surface area (Å²) in [5.41, 5.74) is 0.889. The van der Waals surface area contributed by atoms with Crippen molar-refractivity contribution in [2.24, 2.45) is 0 Å². The van der Waals surface area contributed by atoms with E-state index in [0.717, 1.165) is 30.2 Å². The van der Waals surface area contributed by atoms with Crippen molar-refractivity contribution in [2.75, 3.05) is 0 Å². The lowest BCUT2D eigenvalue weighted by molar-refractivity contribution is -0.142. The predicted octanol–water partition coefficient (Wildman–Crippen LogP) is 2.49. The summed E-state index contributed by atoms with van der Waals surface area (Å²) < 4.78 is 10.8. The molecular weight excluding hydrogens is 338 g/mol. The van der Waals surface area contributed by atoms with Gasteiger partial charge in [-0.2, -0.15) is 0 Å². The van der Waals surface area contributed by atoms with Crippen molar-refractivity contribution in [1.29, 1.82) is 0 Å². The van der Waals surface area contributed by atoms with E-state index in [4.69, 9.17) is 14.3 Å². The van der Waals surface area contributed by atoms with E-state index in [1.165, 1.54) is 19.9 Å². The van der Waals surface area contributed by atoms with Gasteiger partial charge in [-0.25, -0.2) is 4.79 Å². The van der Waals surface area contributed by atoms with Gasteiger partial charge in [-0.15, -0.1) is 0 Å². The fourth-order valence-electron chi connectivity index (χ4n) is 2.51. The van der Waals surface area contributed by atoms with Gasteiger partial charge in [0.25, 0.3) is 5.91 Å². The van der Waals surface area contributed by atoms with Crippen LogP contribution in [0, 0.1) is 0 Å². The number of unbranched alkanes of at least 4 members (excludes halogenated alkanes) is 1. The second-order valence-electron chi connectivity index (χ2n) is 6.18. The third-order valence-corrected chi connectivity index (χ3v) is 4.01. The molecule has 1 aromatic heterocycles. The van der Waals surface area contributed by atoms with Gasteiger partial charge in [-0.1, -0.05) is 13.3 Å². The molecular formula is C19H23NO6. The highest BCUT2D eigenvalue weighted by Crippen LogP contribution is 2.24. The van der Waals surface area contributed by atoms with Crippen LogP contribution in [-0.4, -0.2) is 29.1 Å². The number of carbonyl (C=O) groups excluding carboxylic acids is 1. The molecule has 0 aliphatic carbocycles. The van der Waals surface area contributed by atoms with Crippen molar-refractivity contribution < 1.29 is 23.8 Å². The summed E-state index contributed by atoms with van der Waals surface area (Å²) in [6.07, 6.45) is 1.87. The number of rotatable bonds is 8. The fourth-order valence-corrected chi connectivity index (χ4v) is 2.51. The highest BCUT2D eigenvalue weighted by Gasteiger charge is 2.20. The first-order valence-electron chi connectivity index (χ1n) is 8.58. The van der Waals surface area contributed by atoms with Gasteiger partial charge in [0.2, 0.25) is 0 Å². The molecule has 0 fully saturated rings.